The van der Waals surface area contributed by atoms with Gasteiger partial charge in [0, 0.05) is 11.7 Å². The largest absolute Gasteiger partial charge is 0.396 e. The van der Waals surface area contributed by atoms with Gasteiger partial charge in [0.15, 0.2) is 0 Å². The lowest BCUT2D eigenvalue weighted by Crippen LogP contribution is -2.36. The zero-order valence-electron chi connectivity index (χ0n) is 11.1. The Bertz CT molecular complexity index is 684. The van der Waals surface area contributed by atoms with Crippen molar-refractivity contribution in [1.29, 1.82) is 0 Å². The summed E-state index contributed by atoms with van der Waals surface area (Å²) >= 11 is 0. The Morgan fingerprint density at radius 3 is 2.80 bits per heavy atom. The van der Waals surface area contributed by atoms with E-state index in [4.69, 9.17) is 5.73 Å². The van der Waals surface area contributed by atoms with Gasteiger partial charge >= 0.3 is 0 Å². The summed E-state index contributed by atoms with van der Waals surface area (Å²) in [6.07, 6.45) is 0.803. The van der Waals surface area contributed by atoms with Gasteiger partial charge in [0.05, 0.1) is 11.3 Å². The van der Waals surface area contributed by atoms with Gasteiger partial charge in [-0.05, 0) is 37.1 Å². The summed E-state index contributed by atoms with van der Waals surface area (Å²) in [5.74, 6) is -0.810. The number of nitrogens with zero attached hydrogens (tertiary/aromatic N) is 1. The second-order valence-electron chi connectivity index (χ2n) is 5.06. The Labute approximate surface area is 116 Å². The molecular weight excluding hydrogens is 255 g/mol. The highest BCUT2D eigenvalue weighted by molar-refractivity contribution is 6.10. The molecule has 4 heteroatoms. The molecule has 2 aromatic carbocycles. The van der Waals surface area contributed by atoms with Crippen LogP contribution in [0.1, 0.15) is 22.8 Å². The molecule has 0 saturated carbocycles. The lowest BCUT2D eigenvalue weighted by Gasteiger charge is -2.23. The number of nitrogen functional groups attached to an aromatic ring is 1. The van der Waals surface area contributed by atoms with Crippen molar-refractivity contribution in [2.45, 2.75) is 19.4 Å². The molecular formula is C16H15FN2O. The van der Waals surface area contributed by atoms with E-state index in [-0.39, 0.29) is 23.2 Å². The predicted molar refractivity (Wildman–Crippen MR) is 77.2 cm³/mol. The molecule has 1 heterocycles. The van der Waals surface area contributed by atoms with Crippen LogP contribution >= 0.6 is 0 Å². The molecule has 1 amide bonds. The number of carbonyl (C=O) groups is 1. The molecule has 3 rings (SSSR count). The summed E-state index contributed by atoms with van der Waals surface area (Å²) < 4.78 is 13.5. The summed E-state index contributed by atoms with van der Waals surface area (Å²) in [4.78, 5) is 14.4. The first-order valence-corrected chi connectivity index (χ1v) is 6.55. The molecule has 102 valence electrons. The number of amides is 1. The van der Waals surface area contributed by atoms with Crippen LogP contribution in [0.3, 0.4) is 0 Å². The van der Waals surface area contributed by atoms with Crippen molar-refractivity contribution >= 4 is 17.3 Å². The van der Waals surface area contributed by atoms with Crippen molar-refractivity contribution in [2.24, 2.45) is 0 Å². The van der Waals surface area contributed by atoms with E-state index < -0.39 is 5.82 Å². The first-order chi connectivity index (χ1) is 9.59. The fourth-order valence-electron chi connectivity index (χ4n) is 2.73. The van der Waals surface area contributed by atoms with Crippen molar-refractivity contribution in [3.8, 4) is 0 Å². The minimum absolute atomic E-state index is 0.0440. The molecule has 0 aliphatic carbocycles. The van der Waals surface area contributed by atoms with Gasteiger partial charge in [-0.1, -0.05) is 24.3 Å². The summed E-state index contributed by atoms with van der Waals surface area (Å²) in [5, 5.41) is 0. The molecule has 20 heavy (non-hydrogen) atoms. The van der Waals surface area contributed by atoms with E-state index in [0.717, 1.165) is 17.7 Å². The monoisotopic (exact) mass is 270 g/mol. The van der Waals surface area contributed by atoms with Gasteiger partial charge in [-0.25, -0.2) is 4.39 Å². The maximum absolute atomic E-state index is 13.5. The van der Waals surface area contributed by atoms with E-state index >= 15 is 0 Å². The zero-order valence-corrected chi connectivity index (χ0v) is 11.1. The first kappa shape index (κ1) is 12.7. The number of halogens is 1. The molecule has 0 aromatic heterocycles. The van der Waals surface area contributed by atoms with Crippen molar-refractivity contribution in [3.63, 3.8) is 0 Å². The van der Waals surface area contributed by atoms with Crippen LogP contribution in [0.2, 0.25) is 0 Å². The van der Waals surface area contributed by atoms with Crippen LogP contribution in [-0.4, -0.2) is 11.9 Å². The van der Waals surface area contributed by atoms with Crippen LogP contribution in [-0.2, 0) is 6.42 Å². The molecule has 2 N–H and O–H groups in total. The van der Waals surface area contributed by atoms with Crippen LogP contribution in [0.15, 0.2) is 42.5 Å². The Morgan fingerprint density at radius 1 is 1.25 bits per heavy atom. The lowest BCUT2D eigenvalue weighted by molar-refractivity contribution is 0.0982. The average Bonchev–Trinajstić information content (AvgIpc) is 2.77. The van der Waals surface area contributed by atoms with E-state index in [2.05, 4.69) is 0 Å². The highest BCUT2D eigenvalue weighted by Crippen LogP contribution is 2.34. The van der Waals surface area contributed by atoms with Gasteiger partial charge < -0.3 is 10.6 Å². The van der Waals surface area contributed by atoms with Crippen molar-refractivity contribution in [1.82, 2.24) is 0 Å². The maximum Gasteiger partial charge on any atom is 0.260 e. The zero-order chi connectivity index (χ0) is 14.3. The third-order valence-corrected chi connectivity index (χ3v) is 3.71. The minimum Gasteiger partial charge on any atom is -0.396 e. The van der Waals surface area contributed by atoms with E-state index in [1.807, 2.05) is 31.2 Å². The van der Waals surface area contributed by atoms with Gasteiger partial charge in [0.2, 0.25) is 0 Å². The van der Waals surface area contributed by atoms with Crippen LogP contribution in [0.5, 0.6) is 0 Å². The van der Waals surface area contributed by atoms with Crippen molar-refractivity contribution < 1.29 is 9.18 Å². The third kappa shape index (κ3) is 1.84. The average molecular weight is 270 g/mol. The quantitative estimate of drug-likeness (QED) is 0.810. The number of para-hydroxylation sites is 2. The normalized spacial score (nSPS) is 17.1. The molecule has 0 saturated heterocycles. The molecule has 0 fully saturated rings. The predicted octanol–water partition coefficient (Wildman–Crippen LogP) is 3.00. The van der Waals surface area contributed by atoms with E-state index in [1.54, 1.807) is 11.0 Å². The fraction of sp³-hybridized carbons (Fsp3) is 0.188. The number of nitrogens with two attached hydrogens (primary N) is 1. The fourth-order valence-corrected chi connectivity index (χ4v) is 2.73. The molecule has 1 atom stereocenters. The maximum atomic E-state index is 13.5. The van der Waals surface area contributed by atoms with Gasteiger partial charge in [0.25, 0.3) is 5.91 Å². The molecule has 0 radical (unpaired) electrons. The van der Waals surface area contributed by atoms with Gasteiger partial charge in [0.1, 0.15) is 5.82 Å². The SMILES string of the molecule is CC1Cc2ccccc2N1C(=O)c1cccc(F)c1N. The number of hydrogen-bond donors (Lipinski definition) is 1. The number of benzene rings is 2. The minimum atomic E-state index is -0.559. The number of carbonyl (C=O) groups excluding carboxylic acids is 1. The van der Waals surface area contributed by atoms with Gasteiger partial charge in [-0.3, -0.25) is 4.79 Å². The number of rotatable bonds is 1. The topological polar surface area (TPSA) is 46.3 Å². The molecule has 1 aliphatic heterocycles. The Balaban J connectivity index is 2.05. The van der Waals surface area contributed by atoms with E-state index in [1.165, 1.54) is 12.1 Å². The number of hydrogen-bond acceptors (Lipinski definition) is 2. The van der Waals surface area contributed by atoms with Crippen molar-refractivity contribution in [3.05, 3.63) is 59.4 Å². The highest BCUT2D eigenvalue weighted by Gasteiger charge is 2.32. The summed E-state index contributed by atoms with van der Waals surface area (Å²) in [5.41, 5.74) is 7.83. The van der Waals surface area contributed by atoms with Gasteiger partial charge in [-0.15, -0.1) is 0 Å². The van der Waals surface area contributed by atoms with Crippen molar-refractivity contribution in [2.75, 3.05) is 10.6 Å². The third-order valence-electron chi connectivity index (χ3n) is 3.71. The molecule has 2 aromatic rings. The van der Waals surface area contributed by atoms with Crippen LogP contribution in [0, 0.1) is 5.82 Å². The first-order valence-electron chi connectivity index (χ1n) is 6.55. The van der Waals surface area contributed by atoms with E-state index in [9.17, 15) is 9.18 Å². The molecule has 3 nitrogen and oxygen atoms in total. The standard InChI is InChI=1S/C16H15FN2O/c1-10-9-11-5-2-3-8-14(11)19(10)16(20)12-6-4-7-13(17)15(12)18/h2-8,10H,9,18H2,1H3. The second-order valence-corrected chi connectivity index (χ2v) is 5.06. The highest BCUT2D eigenvalue weighted by atomic mass is 19.1. The molecule has 1 unspecified atom stereocenters. The lowest BCUT2D eigenvalue weighted by atomic mass is 10.1. The Kier molecular flexibility index (Phi) is 2.93. The number of fused-ring (bicyclic) bond motifs is 1. The van der Waals surface area contributed by atoms with E-state index in [0.29, 0.717) is 0 Å². The Hall–Kier alpha value is -2.36. The summed E-state index contributed by atoms with van der Waals surface area (Å²) in [6.45, 7) is 1.98. The van der Waals surface area contributed by atoms with Crippen LogP contribution in [0.4, 0.5) is 15.8 Å². The molecule has 0 spiro atoms. The second kappa shape index (κ2) is 4.63. The van der Waals surface area contributed by atoms with Crippen LogP contribution in [0.25, 0.3) is 0 Å². The summed E-state index contributed by atoms with van der Waals surface area (Å²) in [7, 11) is 0. The summed E-state index contributed by atoms with van der Waals surface area (Å²) in [6, 6.07) is 12.1. The number of anilines is 2. The van der Waals surface area contributed by atoms with Crippen LogP contribution < -0.4 is 10.6 Å². The smallest absolute Gasteiger partial charge is 0.260 e. The molecule has 1 aliphatic rings. The Morgan fingerprint density at radius 2 is 2.00 bits per heavy atom. The van der Waals surface area contributed by atoms with Gasteiger partial charge in [-0.2, -0.15) is 0 Å². The molecule has 0 bridgehead atoms.